The minimum Gasteiger partial charge on any atom is -0.480 e. The molecule has 0 aliphatic carbocycles. The van der Waals surface area contributed by atoms with Crippen molar-refractivity contribution in [3.8, 4) is 0 Å². The van der Waals surface area contributed by atoms with Crippen molar-refractivity contribution < 1.29 is 23.1 Å². The Morgan fingerprint density at radius 1 is 1.56 bits per heavy atom. The summed E-state index contributed by atoms with van der Waals surface area (Å²) in [5, 5.41) is 15.6. The summed E-state index contributed by atoms with van der Waals surface area (Å²) in [5.41, 5.74) is -1.10. The molecule has 2 N–H and O–H groups in total. The van der Waals surface area contributed by atoms with Crippen molar-refractivity contribution in [2.24, 2.45) is 0 Å². The molecule has 7 heteroatoms. The Balaban J connectivity index is 5.09. The van der Waals surface area contributed by atoms with E-state index in [1.54, 1.807) is 0 Å². The van der Waals surface area contributed by atoms with E-state index in [1.807, 2.05) is 0 Å². The summed E-state index contributed by atoms with van der Waals surface area (Å²) in [5.74, 6) is -1.63. The lowest BCUT2D eigenvalue weighted by atomic mass is 10.2. The summed E-state index contributed by atoms with van der Waals surface area (Å²) in [7, 11) is 0. The Hall–Kier alpha value is -1.79. The second kappa shape index (κ2) is 5.34. The van der Waals surface area contributed by atoms with Gasteiger partial charge in [-0.15, -0.1) is 0 Å². The van der Waals surface area contributed by atoms with Crippen LogP contribution < -0.4 is 0 Å². The summed E-state index contributed by atoms with van der Waals surface area (Å²) < 4.78 is 36.9. The van der Waals surface area contributed by atoms with Gasteiger partial charge >= 0.3 is 12.1 Å². The molecule has 0 aromatic rings. The fourth-order valence-corrected chi connectivity index (χ4v) is 0.816. The Bertz CT molecular complexity index is 334. The number of halogens is 3. The van der Waals surface area contributed by atoms with E-state index in [2.05, 4.69) is 6.58 Å². The number of hydrogen-bond donors (Lipinski definition) is 2. The summed E-state index contributed by atoms with van der Waals surface area (Å²) in [6, 6.07) is 0. The van der Waals surface area contributed by atoms with Gasteiger partial charge in [-0.3, -0.25) is 10.2 Å². The largest absolute Gasteiger partial charge is 0.480 e. The van der Waals surface area contributed by atoms with Gasteiger partial charge in [0.2, 0.25) is 0 Å². The zero-order valence-electron chi connectivity index (χ0n) is 8.51. The predicted molar refractivity (Wildman–Crippen MR) is 52.1 cm³/mol. The monoisotopic (exact) mass is 236 g/mol. The second-order valence-corrected chi connectivity index (χ2v) is 2.89. The van der Waals surface area contributed by atoms with Crippen LogP contribution in [0.15, 0.2) is 24.4 Å². The highest BCUT2D eigenvalue weighted by molar-refractivity contribution is 5.82. The zero-order valence-corrected chi connectivity index (χ0v) is 8.51. The molecule has 4 nitrogen and oxygen atoms in total. The smallest absolute Gasteiger partial charge is 0.417 e. The Morgan fingerprint density at radius 2 is 2.06 bits per heavy atom. The molecule has 0 spiro atoms. The first-order valence-electron chi connectivity index (χ1n) is 4.13. The lowest BCUT2D eigenvalue weighted by Crippen LogP contribution is -2.30. The highest BCUT2D eigenvalue weighted by Gasteiger charge is 2.32. The van der Waals surface area contributed by atoms with Crippen molar-refractivity contribution in [3.63, 3.8) is 0 Å². The molecule has 0 radical (unpaired) electrons. The Morgan fingerprint density at radius 3 is 2.31 bits per heavy atom. The molecule has 16 heavy (non-hydrogen) atoms. The molecule has 0 aromatic heterocycles. The van der Waals surface area contributed by atoms with Gasteiger partial charge in [0.15, 0.2) is 0 Å². The van der Waals surface area contributed by atoms with Crippen molar-refractivity contribution in [1.29, 1.82) is 5.41 Å². The topological polar surface area (TPSA) is 64.4 Å². The van der Waals surface area contributed by atoms with E-state index in [-0.39, 0.29) is 5.84 Å². The number of carbonyl (C=O) groups is 1. The quantitative estimate of drug-likeness (QED) is 0.445. The van der Waals surface area contributed by atoms with E-state index < -0.39 is 24.3 Å². The van der Waals surface area contributed by atoms with Crippen molar-refractivity contribution in [3.05, 3.63) is 24.4 Å². The summed E-state index contributed by atoms with van der Waals surface area (Å²) in [4.78, 5) is 11.0. The van der Waals surface area contributed by atoms with Crippen LogP contribution in [0.5, 0.6) is 0 Å². The van der Waals surface area contributed by atoms with Crippen molar-refractivity contribution in [1.82, 2.24) is 4.90 Å². The average Bonchev–Trinajstić information content (AvgIpc) is 2.08. The fraction of sp³-hybridized carbons (Fsp3) is 0.333. The Labute approximate surface area is 90.2 Å². The SMILES string of the molecule is C=C/C(=C\N(CC(=O)O)C(C)=N)C(F)(F)F. The third kappa shape index (κ3) is 4.63. The maximum absolute atomic E-state index is 12.3. The van der Waals surface area contributed by atoms with Crippen molar-refractivity contribution >= 4 is 11.8 Å². The molecule has 90 valence electrons. The van der Waals surface area contributed by atoms with Gasteiger partial charge in [-0.2, -0.15) is 13.2 Å². The number of nitrogens with zero attached hydrogens (tertiary/aromatic N) is 1. The van der Waals surface area contributed by atoms with Crippen LogP contribution in [-0.2, 0) is 4.79 Å². The van der Waals surface area contributed by atoms with Crippen LogP contribution in [0, 0.1) is 5.41 Å². The third-order valence-electron chi connectivity index (χ3n) is 1.58. The maximum atomic E-state index is 12.3. The average molecular weight is 236 g/mol. The highest BCUT2D eigenvalue weighted by Crippen LogP contribution is 2.26. The Kier molecular flexibility index (Phi) is 4.74. The van der Waals surface area contributed by atoms with Gasteiger partial charge in [0.25, 0.3) is 0 Å². The zero-order chi connectivity index (χ0) is 12.9. The fourth-order valence-electron chi connectivity index (χ4n) is 0.816. The lowest BCUT2D eigenvalue weighted by molar-refractivity contribution is -0.137. The van der Waals surface area contributed by atoms with E-state index >= 15 is 0 Å². The number of aliphatic carboxylic acids is 1. The van der Waals surface area contributed by atoms with Crippen LogP contribution in [0.2, 0.25) is 0 Å². The van der Waals surface area contributed by atoms with Crippen LogP contribution in [0.4, 0.5) is 13.2 Å². The molecule has 0 amide bonds. The van der Waals surface area contributed by atoms with E-state index in [0.29, 0.717) is 17.2 Å². The van der Waals surface area contributed by atoms with E-state index in [1.165, 1.54) is 6.92 Å². The molecule has 0 aliphatic rings. The molecular formula is C9H11F3N2O2. The molecule has 0 aromatic carbocycles. The molecule has 0 fully saturated rings. The molecule has 0 aliphatic heterocycles. The predicted octanol–water partition coefficient (Wildman–Crippen LogP) is 2.00. The normalized spacial score (nSPS) is 12.1. The second-order valence-electron chi connectivity index (χ2n) is 2.89. The number of carboxylic acids is 1. The van der Waals surface area contributed by atoms with E-state index in [4.69, 9.17) is 10.5 Å². The van der Waals surface area contributed by atoms with Gasteiger partial charge < -0.3 is 10.0 Å². The number of hydrogen-bond acceptors (Lipinski definition) is 2. The van der Waals surface area contributed by atoms with Gasteiger partial charge in [-0.25, -0.2) is 0 Å². The number of allylic oxidation sites excluding steroid dienone is 2. The molecule has 0 atom stereocenters. The summed E-state index contributed by atoms with van der Waals surface area (Å²) >= 11 is 0. The molecule has 0 rings (SSSR count). The van der Waals surface area contributed by atoms with E-state index in [0.717, 1.165) is 0 Å². The number of carboxylic acid groups (broad SMARTS) is 1. The van der Waals surface area contributed by atoms with Gasteiger partial charge in [0.1, 0.15) is 6.54 Å². The van der Waals surface area contributed by atoms with Crippen LogP contribution >= 0.6 is 0 Å². The minimum absolute atomic E-state index is 0.300. The first kappa shape index (κ1) is 14.2. The maximum Gasteiger partial charge on any atom is 0.417 e. The van der Waals surface area contributed by atoms with Crippen LogP contribution in [0.25, 0.3) is 0 Å². The molecule has 0 unspecified atom stereocenters. The first-order chi connectivity index (χ1) is 7.18. The van der Waals surface area contributed by atoms with Crippen molar-refractivity contribution in [2.75, 3.05) is 6.54 Å². The standard InChI is InChI=1S/C9H11F3N2O2/c1-3-7(9(10,11)12)4-14(6(2)13)5-8(15)16/h3-4,13H,1,5H2,2H3,(H,15,16)/b7-4+,13-6?. The first-order valence-corrected chi connectivity index (χ1v) is 4.13. The minimum atomic E-state index is -4.62. The van der Waals surface area contributed by atoms with Crippen molar-refractivity contribution in [2.45, 2.75) is 13.1 Å². The third-order valence-corrected chi connectivity index (χ3v) is 1.58. The summed E-state index contributed by atoms with van der Waals surface area (Å²) in [6.45, 7) is 3.47. The molecular weight excluding hydrogens is 225 g/mol. The van der Waals surface area contributed by atoms with Gasteiger partial charge in [-0.05, 0) is 6.92 Å². The molecule has 0 bridgehead atoms. The lowest BCUT2D eigenvalue weighted by Gasteiger charge is -2.18. The van der Waals surface area contributed by atoms with Crippen LogP contribution in [0.3, 0.4) is 0 Å². The number of rotatable bonds is 4. The molecule has 0 saturated heterocycles. The van der Waals surface area contributed by atoms with Crippen LogP contribution in [-0.4, -0.2) is 34.5 Å². The number of amidine groups is 1. The van der Waals surface area contributed by atoms with E-state index in [9.17, 15) is 18.0 Å². The molecule has 0 heterocycles. The van der Waals surface area contributed by atoms with Gasteiger partial charge in [-0.1, -0.05) is 12.7 Å². The van der Waals surface area contributed by atoms with Crippen LogP contribution in [0.1, 0.15) is 6.92 Å². The van der Waals surface area contributed by atoms with Gasteiger partial charge in [0, 0.05) is 6.20 Å². The number of nitrogens with one attached hydrogen (secondary N) is 1. The number of alkyl halides is 3. The van der Waals surface area contributed by atoms with Gasteiger partial charge in [0.05, 0.1) is 11.4 Å². The molecule has 0 saturated carbocycles. The summed E-state index contributed by atoms with van der Waals surface area (Å²) in [6.07, 6.45) is -3.50. The highest BCUT2D eigenvalue weighted by atomic mass is 19.4.